The fourth-order valence-corrected chi connectivity index (χ4v) is 3.84. The van der Waals surface area contributed by atoms with Crippen LogP contribution < -0.4 is 5.32 Å². The number of nitrogens with zero attached hydrogens (tertiary/aromatic N) is 3. The summed E-state index contributed by atoms with van der Waals surface area (Å²) in [6.07, 6.45) is 5.68. The minimum Gasteiger partial charge on any atom is -0.359 e. The molecule has 2 rings (SSSR count). The smallest absolute Gasteiger partial charge is 0.193 e. The average molecular weight is 280 g/mol. The molecule has 0 atom stereocenters. The van der Waals surface area contributed by atoms with Crippen LogP contribution in [0.15, 0.2) is 4.99 Å². The first-order valence-electron chi connectivity index (χ1n) is 8.29. The predicted octanol–water partition coefficient (Wildman–Crippen LogP) is 2.02. The summed E-state index contributed by atoms with van der Waals surface area (Å²) < 4.78 is 0. The third kappa shape index (κ3) is 3.66. The molecule has 1 heterocycles. The number of guanidine groups is 1. The number of hydrogen-bond acceptors (Lipinski definition) is 2. The van der Waals surface area contributed by atoms with Crippen LogP contribution in [-0.4, -0.2) is 62.1 Å². The largest absolute Gasteiger partial charge is 0.359 e. The summed E-state index contributed by atoms with van der Waals surface area (Å²) in [7, 11) is 3.83. The van der Waals surface area contributed by atoms with E-state index in [1.54, 1.807) is 0 Å². The molecule has 0 aromatic heterocycles. The summed E-state index contributed by atoms with van der Waals surface area (Å²) >= 11 is 0. The van der Waals surface area contributed by atoms with Gasteiger partial charge >= 0.3 is 0 Å². The van der Waals surface area contributed by atoms with Crippen LogP contribution in [0.5, 0.6) is 0 Å². The molecule has 0 unspecified atom stereocenters. The number of nitrogens with one attached hydrogen (secondary N) is 1. The van der Waals surface area contributed by atoms with Crippen molar-refractivity contribution in [1.82, 2.24) is 15.1 Å². The van der Waals surface area contributed by atoms with Gasteiger partial charge in [0.2, 0.25) is 0 Å². The van der Waals surface area contributed by atoms with Gasteiger partial charge in [0.1, 0.15) is 0 Å². The molecule has 116 valence electrons. The van der Waals surface area contributed by atoms with Crippen molar-refractivity contribution < 1.29 is 0 Å². The summed E-state index contributed by atoms with van der Waals surface area (Å²) in [6.45, 7) is 9.37. The second kappa shape index (κ2) is 7.30. The van der Waals surface area contributed by atoms with Crippen LogP contribution in [0.2, 0.25) is 0 Å². The van der Waals surface area contributed by atoms with E-state index >= 15 is 0 Å². The van der Waals surface area contributed by atoms with E-state index in [0.717, 1.165) is 36.9 Å². The van der Waals surface area contributed by atoms with Gasteiger partial charge < -0.3 is 10.2 Å². The van der Waals surface area contributed by atoms with Crippen LogP contribution >= 0.6 is 0 Å². The first kappa shape index (κ1) is 15.6. The molecular formula is C16H32N4. The lowest BCUT2D eigenvalue weighted by molar-refractivity contribution is 0.0866. The summed E-state index contributed by atoms with van der Waals surface area (Å²) in [5.41, 5.74) is 0. The average Bonchev–Trinajstić information content (AvgIpc) is 2.49. The fraction of sp³-hybridized carbons (Fsp3) is 0.938. The number of aliphatic imine (C=N–C) groups is 1. The summed E-state index contributed by atoms with van der Waals surface area (Å²) in [6, 6.07) is 0.837. The highest BCUT2D eigenvalue weighted by Gasteiger charge is 2.29. The minimum atomic E-state index is 0.837. The molecule has 1 saturated heterocycles. The third-order valence-corrected chi connectivity index (χ3v) is 5.25. The van der Waals surface area contributed by atoms with Crippen LogP contribution in [0.4, 0.5) is 0 Å². The van der Waals surface area contributed by atoms with Gasteiger partial charge in [0, 0.05) is 46.3 Å². The number of rotatable bonds is 2. The van der Waals surface area contributed by atoms with Crippen molar-refractivity contribution in [2.24, 2.45) is 16.8 Å². The Hall–Kier alpha value is -0.770. The van der Waals surface area contributed by atoms with Gasteiger partial charge in [-0.2, -0.15) is 0 Å². The molecule has 2 fully saturated rings. The highest BCUT2D eigenvalue weighted by atomic mass is 15.3. The quantitative estimate of drug-likeness (QED) is 0.620. The molecule has 1 N–H and O–H groups in total. The van der Waals surface area contributed by atoms with E-state index in [-0.39, 0.29) is 0 Å². The van der Waals surface area contributed by atoms with E-state index < -0.39 is 0 Å². The maximum Gasteiger partial charge on any atom is 0.193 e. The molecule has 0 spiro atoms. The van der Waals surface area contributed by atoms with Crippen molar-refractivity contribution in [3.63, 3.8) is 0 Å². The lowest BCUT2D eigenvalue weighted by Gasteiger charge is -2.43. The monoisotopic (exact) mass is 280 g/mol. The van der Waals surface area contributed by atoms with Gasteiger partial charge in [0.05, 0.1) is 0 Å². The lowest BCUT2D eigenvalue weighted by Crippen LogP contribution is -2.54. The lowest BCUT2D eigenvalue weighted by atomic mass is 9.79. The Labute approximate surface area is 124 Å². The van der Waals surface area contributed by atoms with Gasteiger partial charge in [-0.3, -0.25) is 9.89 Å². The van der Waals surface area contributed by atoms with E-state index in [4.69, 9.17) is 0 Å². The van der Waals surface area contributed by atoms with E-state index in [1.807, 2.05) is 14.1 Å². The third-order valence-electron chi connectivity index (χ3n) is 5.25. The van der Waals surface area contributed by atoms with Gasteiger partial charge in [-0.05, 0) is 37.5 Å². The second-order valence-electron chi connectivity index (χ2n) is 6.63. The first-order chi connectivity index (χ1) is 9.65. The molecule has 0 aromatic carbocycles. The molecule has 1 aliphatic carbocycles. The zero-order valence-electron chi connectivity index (χ0n) is 13.7. The van der Waals surface area contributed by atoms with Crippen molar-refractivity contribution in [3.8, 4) is 0 Å². The zero-order chi connectivity index (χ0) is 14.5. The molecule has 0 bridgehead atoms. The number of hydrogen-bond donors (Lipinski definition) is 1. The summed E-state index contributed by atoms with van der Waals surface area (Å²) in [5, 5.41) is 3.19. The summed E-state index contributed by atoms with van der Waals surface area (Å²) in [4.78, 5) is 9.40. The van der Waals surface area contributed by atoms with Crippen molar-refractivity contribution in [1.29, 1.82) is 0 Å². The topological polar surface area (TPSA) is 30.9 Å². The first-order valence-corrected chi connectivity index (χ1v) is 8.29. The highest BCUT2D eigenvalue weighted by molar-refractivity contribution is 5.79. The molecule has 0 amide bonds. The zero-order valence-corrected chi connectivity index (χ0v) is 13.7. The Morgan fingerprint density at radius 1 is 1.05 bits per heavy atom. The molecule has 1 aliphatic heterocycles. The van der Waals surface area contributed by atoms with Crippen molar-refractivity contribution in [2.75, 3.05) is 40.3 Å². The minimum absolute atomic E-state index is 0.837. The standard InChI is InChI=1S/C16H32N4/c1-13(2)14-5-7-15(8-6-14)19-9-11-20(12-10-19)16(17-3)18-4/h13-15H,5-12H2,1-4H3,(H,17,18). The van der Waals surface area contributed by atoms with Gasteiger partial charge in [0.25, 0.3) is 0 Å². The Balaban J connectivity index is 1.77. The predicted molar refractivity (Wildman–Crippen MR) is 86.1 cm³/mol. The Morgan fingerprint density at radius 2 is 1.65 bits per heavy atom. The van der Waals surface area contributed by atoms with Crippen molar-refractivity contribution in [2.45, 2.75) is 45.6 Å². The van der Waals surface area contributed by atoms with Crippen molar-refractivity contribution >= 4 is 5.96 Å². The van der Waals surface area contributed by atoms with Gasteiger partial charge in [-0.15, -0.1) is 0 Å². The highest BCUT2D eigenvalue weighted by Crippen LogP contribution is 2.32. The van der Waals surface area contributed by atoms with Gasteiger partial charge in [-0.25, -0.2) is 0 Å². The molecule has 2 aliphatic rings. The van der Waals surface area contributed by atoms with Crippen molar-refractivity contribution in [3.05, 3.63) is 0 Å². The molecule has 4 nitrogen and oxygen atoms in total. The molecular weight excluding hydrogens is 248 g/mol. The Bertz CT molecular complexity index is 310. The second-order valence-corrected chi connectivity index (χ2v) is 6.63. The maximum absolute atomic E-state index is 4.31. The molecule has 1 saturated carbocycles. The van der Waals surface area contributed by atoms with E-state index in [9.17, 15) is 0 Å². The SMILES string of the molecule is CN=C(NC)N1CCN(C2CCC(C(C)C)CC2)CC1. The van der Waals surface area contributed by atoms with Crippen LogP contribution in [0, 0.1) is 11.8 Å². The van der Waals surface area contributed by atoms with Gasteiger partial charge in [-0.1, -0.05) is 13.8 Å². The van der Waals surface area contributed by atoms with E-state index in [2.05, 4.69) is 34.0 Å². The van der Waals surface area contributed by atoms with Crippen LogP contribution in [-0.2, 0) is 0 Å². The van der Waals surface area contributed by atoms with Crippen LogP contribution in [0.25, 0.3) is 0 Å². The summed E-state index contributed by atoms with van der Waals surface area (Å²) in [5.74, 6) is 2.87. The molecule has 20 heavy (non-hydrogen) atoms. The fourth-order valence-electron chi connectivity index (χ4n) is 3.84. The molecule has 4 heteroatoms. The molecule has 0 radical (unpaired) electrons. The normalized spacial score (nSPS) is 29.9. The number of piperazine rings is 1. The van der Waals surface area contributed by atoms with Crippen LogP contribution in [0.3, 0.4) is 0 Å². The van der Waals surface area contributed by atoms with Gasteiger partial charge in [0.15, 0.2) is 5.96 Å². The molecule has 0 aromatic rings. The van der Waals surface area contributed by atoms with E-state index in [0.29, 0.717) is 0 Å². The Kier molecular flexibility index (Phi) is 5.70. The van der Waals surface area contributed by atoms with E-state index in [1.165, 1.54) is 38.8 Å². The Morgan fingerprint density at radius 3 is 2.10 bits per heavy atom. The maximum atomic E-state index is 4.31. The van der Waals surface area contributed by atoms with Crippen LogP contribution in [0.1, 0.15) is 39.5 Å².